The molecule has 2 aromatic heterocycles. The lowest BCUT2D eigenvalue weighted by atomic mass is 9.51. The van der Waals surface area contributed by atoms with Crippen molar-refractivity contribution in [1.29, 1.82) is 0 Å². The number of terminal acetylenes is 1. The topological polar surface area (TPSA) is 175 Å². The van der Waals surface area contributed by atoms with Crippen LogP contribution < -0.4 is 10.6 Å². The van der Waals surface area contributed by atoms with Crippen LogP contribution >= 0.6 is 0 Å². The average Bonchev–Trinajstić information content (AvgIpc) is 4.07. The van der Waals surface area contributed by atoms with Crippen molar-refractivity contribution < 1.29 is 28.7 Å². The van der Waals surface area contributed by atoms with E-state index in [1.807, 2.05) is 31.1 Å². The fourth-order valence-corrected chi connectivity index (χ4v) is 9.68. The lowest BCUT2D eigenvalue weighted by molar-refractivity contribution is -0.135. The summed E-state index contributed by atoms with van der Waals surface area (Å²) in [7, 11) is 2.56. The molecular formula is C42H54N8O6. The third-order valence-corrected chi connectivity index (χ3v) is 13.0. The van der Waals surface area contributed by atoms with Gasteiger partial charge < -0.3 is 39.9 Å². The molecule has 14 nitrogen and oxygen atoms in total. The van der Waals surface area contributed by atoms with E-state index in [4.69, 9.17) is 25.9 Å². The molecule has 4 heterocycles. The number of nitrogens with zero attached hydrogens (tertiary/aromatic N) is 4. The molecule has 0 radical (unpaired) electrons. The fraction of sp³-hybridized carbons (Fsp3) is 0.571. The summed E-state index contributed by atoms with van der Waals surface area (Å²) >= 11 is 0. The van der Waals surface area contributed by atoms with Crippen molar-refractivity contribution in [2.45, 2.75) is 119 Å². The van der Waals surface area contributed by atoms with Gasteiger partial charge in [0, 0.05) is 36.8 Å². The Bertz CT molecular complexity index is 1940. The number of aromatic nitrogens is 4. The van der Waals surface area contributed by atoms with E-state index in [-0.39, 0.29) is 47.1 Å². The van der Waals surface area contributed by atoms with Crippen molar-refractivity contribution in [3.05, 3.63) is 59.6 Å². The number of hydrogen-bond acceptors (Lipinski definition) is 8. The van der Waals surface area contributed by atoms with E-state index >= 15 is 0 Å². The van der Waals surface area contributed by atoms with Crippen molar-refractivity contribution in [3.63, 3.8) is 0 Å². The Hall–Kier alpha value is -5.32. The molecule has 2 aliphatic heterocycles. The number of carbonyl (C=O) groups excluding carboxylic acids is 4. The number of ether oxygens (including phenoxy) is 2. The molecule has 2 saturated heterocycles. The van der Waals surface area contributed by atoms with Crippen molar-refractivity contribution >= 4 is 24.0 Å². The molecule has 14 heteroatoms. The summed E-state index contributed by atoms with van der Waals surface area (Å²) in [5, 5.41) is 5.31. The molecule has 4 N–H and O–H groups in total. The number of aromatic amines is 2. The van der Waals surface area contributed by atoms with E-state index in [1.54, 1.807) is 4.90 Å². The molecule has 0 spiro atoms. The summed E-state index contributed by atoms with van der Waals surface area (Å²) in [6, 6.07) is 6.98. The number of H-pyrrole nitrogens is 2. The van der Waals surface area contributed by atoms with Gasteiger partial charge in [0.25, 0.3) is 0 Å². The smallest absolute Gasteiger partial charge is 0.407 e. The van der Waals surface area contributed by atoms with Crippen LogP contribution in [0, 0.1) is 18.3 Å². The molecule has 4 amide bonds. The maximum absolute atomic E-state index is 13.6. The van der Waals surface area contributed by atoms with Gasteiger partial charge in [0.2, 0.25) is 11.8 Å². The highest BCUT2D eigenvalue weighted by atomic mass is 16.5. The highest BCUT2D eigenvalue weighted by Crippen LogP contribution is 2.58. The molecule has 298 valence electrons. The van der Waals surface area contributed by atoms with Crippen LogP contribution in [0.25, 0.3) is 11.3 Å². The van der Waals surface area contributed by atoms with Gasteiger partial charge in [0.1, 0.15) is 23.7 Å². The lowest BCUT2D eigenvalue weighted by Gasteiger charge is -2.53. The molecule has 4 atom stereocenters. The van der Waals surface area contributed by atoms with Gasteiger partial charge in [-0.2, -0.15) is 0 Å². The average molecular weight is 767 g/mol. The first kappa shape index (κ1) is 38.9. The molecule has 3 saturated carbocycles. The molecular weight excluding hydrogens is 713 g/mol. The summed E-state index contributed by atoms with van der Waals surface area (Å²) in [6.07, 6.45) is 17.9. The molecule has 3 aromatic rings. The summed E-state index contributed by atoms with van der Waals surface area (Å²) in [6.45, 7) is 5.01. The number of hydrogen-bond donors (Lipinski definition) is 4. The number of methoxy groups -OCH3 is 2. The zero-order valence-corrected chi connectivity index (χ0v) is 32.9. The Labute approximate surface area is 328 Å². The molecule has 2 bridgehead atoms. The molecule has 8 rings (SSSR count). The minimum atomic E-state index is -0.848. The van der Waals surface area contributed by atoms with Crippen molar-refractivity contribution in [2.24, 2.45) is 5.92 Å². The van der Waals surface area contributed by atoms with Crippen LogP contribution in [0.1, 0.15) is 119 Å². The Balaban J connectivity index is 0.992. The van der Waals surface area contributed by atoms with E-state index in [1.165, 1.54) is 19.8 Å². The number of imidazole rings is 2. The van der Waals surface area contributed by atoms with Crippen molar-refractivity contribution in [3.8, 4) is 23.6 Å². The van der Waals surface area contributed by atoms with Gasteiger partial charge in [-0.05, 0) is 86.7 Å². The van der Waals surface area contributed by atoms with Gasteiger partial charge in [0.15, 0.2) is 0 Å². The van der Waals surface area contributed by atoms with E-state index in [0.29, 0.717) is 13.1 Å². The third-order valence-electron chi connectivity index (χ3n) is 13.0. The number of carbonyl (C=O) groups is 4. The summed E-state index contributed by atoms with van der Waals surface area (Å²) in [4.78, 5) is 71.4. The summed E-state index contributed by atoms with van der Waals surface area (Å²) < 4.78 is 9.49. The van der Waals surface area contributed by atoms with Gasteiger partial charge in [-0.1, -0.05) is 38.1 Å². The molecule has 5 fully saturated rings. The maximum atomic E-state index is 13.6. The second-order valence-corrected chi connectivity index (χ2v) is 16.3. The highest BCUT2D eigenvalue weighted by Gasteiger charge is 2.51. The Kier molecular flexibility index (Phi) is 11.2. The number of alkyl carbamates (subject to hydrolysis) is 2. The standard InChI is InChI=1S/C42H54N8O6/c1-6-9-29(46-39(53)55-4)37(51)49-22-7-11-32(49)36-44-25-33(47-36)42-19-16-41(17-20-42,18-21-42)28-14-12-27(13-15-28)30-24-43-35(45-30)31-10-8-23-50(31)38(52)34(26(2)3)48-40(54)56-5/h1,12-15,24-26,29,31-32,34H,7-11,16-23H2,2-5H3,(H,43,45)(H,44,47)(H,46,53)(H,48,54). The summed E-state index contributed by atoms with van der Waals surface area (Å²) in [5.41, 5.74) is 4.64. The first-order valence-corrected chi connectivity index (χ1v) is 20.0. The van der Waals surface area contributed by atoms with E-state index in [9.17, 15) is 19.2 Å². The minimum Gasteiger partial charge on any atom is -0.453 e. The monoisotopic (exact) mass is 766 g/mol. The second kappa shape index (κ2) is 16.0. The van der Waals surface area contributed by atoms with Gasteiger partial charge in [-0.3, -0.25) is 9.59 Å². The Morgan fingerprint density at radius 1 is 0.821 bits per heavy atom. The number of fused-ring (bicyclic) bond motifs is 3. The van der Waals surface area contributed by atoms with Crippen molar-refractivity contribution in [2.75, 3.05) is 27.3 Å². The lowest BCUT2D eigenvalue weighted by Crippen LogP contribution is -2.51. The second-order valence-electron chi connectivity index (χ2n) is 16.3. The van der Waals surface area contributed by atoms with Crippen LogP contribution in [-0.2, 0) is 29.9 Å². The zero-order chi connectivity index (χ0) is 39.6. The van der Waals surface area contributed by atoms with Gasteiger partial charge in [-0.15, -0.1) is 12.3 Å². The van der Waals surface area contributed by atoms with Crippen LogP contribution in [-0.4, -0.2) is 93.1 Å². The number of rotatable bonds is 11. The fourth-order valence-electron chi connectivity index (χ4n) is 9.68. The van der Waals surface area contributed by atoms with Crippen LogP contribution in [0.4, 0.5) is 9.59 Å². The molecule has 56 heavy (non-hydrogen) atoms. The van der Waals surface area contributed by atoms with Crippen LogP contribution in [0.2, 0.25) is 0 Å². The molecule has 4 unspecified atom stereocenters. The van der Waals surface area contributed by atoms with E-state index < -0.39 is 24.3 Å². The number of benzene rings is 1. The van der Waals surface area contributed by atoms with Gasteiger partial charge in [0.05, 0.1) is 38.2 Å². The predicted molar refractivity (Wildman–Crippen MR) is 208 cm³/mol. The van der Waals surface area contributed by atoms with Gasteiger partial charge >= 0.3 is 12.2 Å². The maximum Gasteiger partial charge on any atom is 0.407 e. The highest BCUT2D eigenvalue weighted by molar-refractivity contribution is 5.87. The first-order valence-electron chi connectivity index (χ1n) is 20.0. The number of likely N-dealkylation sites (tertiary alicyclic amines) is 2. The van der Waals surface area contributed by atoms with Crippen LogP contribution in [0.5, 0.6) is 0 Å². The molecule has 5 aliphatic rings. The Morgan fingerprint density at radius 2 is 1.38 bits per heavy atom. The Morgan fingerprint density at radius 3 is 1.96 bits per heavy atom. The van der Waals surface area contributed by atoms with Gasteiger partial charge in [-0.25, -0.2) is 19.6 Å². The normalized spacial score (nSPS) is 25.4. The summed E-state index contributed by atoms with van der Waals surface area (Å²) in [5.74, 6) is 3.61. The third kappa shape index (κ3) is 7.35. The van der Waals surface area contributed by atoms with Crippen LogP contribution in [0.15, 0.2) is 36.7 Å². The first-order chi connectivity index (χ1) is 27.0. The minimum absolute atomic E-state index is 0.0329. The van der Waals surface area contributed by atoms with E-state index in [2.05, 4.69) is 50.8 Å². The van der Waals surface area contributed by atoms with Crippen LogP contribution in [0.3, 0.4) is 0 Å². The zero-order valence-electron chi connectivity index (χ0n) is 32.9. The van der Waals surface area contributed by atoms with Crippen molar-refractivity contribution in [1.82, 2.24) is 40.4 Å². The van der Waals surface area contributed by atoms with E-state index in [0.717, 1.165) is 92.8 Å². The predicted octanol–water partition coefficient (Wildman–Crippen LogP) is 5.80. The molecule has 1 aromatic carbocycles. The quantitative estimate of drug-likeness (QED) is 0.177. The number of amides is 4. The SMILES string of the molecule is C#CCC(NC(=O)OC)C(=O)N1CCCC1c1ncc(C23CCC(c4ccc(-c5cnc(C6CCCN6C(=O)C(NC(=O)OC)C(C)C)[nH]5)cc4)(CC2)CC3)[nH]1. The largest absolute Gasteiger partial charge is 0.453 e. The molecule has 3 aliphatic carbocycles. The number of nitrogens with one attached hydrogen (secondary N) is 4.